The van der Waals surface area contributed by atoms with Gasteiger partial charge in [-0.2, -0.15) is 5.26 Å². The van der Waals surface area contributed by atoms with Gasteiger partial charge in [0.1, 0.15) is 11.7 Å². The van der Waals surface area contributed by atoms with Gasteiger partial charge in [0.25, 0.3) is 0 Å². The van der Waals surface area contributed by atoms with E-state index in [1.807, 2.05) is 31.9 Å². The van der Waals surface area contributed by atoms with Crippen molar-refractivity contribution < 1.29 is 19.5 Å². The maximum Gasteiger partial charge on any atom is 0.236 e. The van der Waals surface area contributed by atoms with Crippen LogP contribution >= 0.6 is 0 Å². The maximum absolute atomic E-state index is 14.8. The van der Waals surface area contributed by atoms with Crippen molar-refractivity contribution in [1.82, 2.24) is 9.80 Å². The molecule has 1 heterocycles. The van der Waals surface area contributed by atoms with E-state index in [1.54, 1.807) is 6.08 Å². The SMILES string of the molecule is CC1CCN(CC(=O)N(C)C[C@@]2(C)CC[C@]3(C)CC[C@@]4(C)[C@]5(C)CC[C@H]6C(C)(C)C(=O)C(C#N)=C[C@]6(C)C5=CC(=O)[C@]4(O)[C@@H]3C2)CC1. The Balaban J connectivity index is 1.33. The van der Waals surface area contributed by atoms with E-state index in [4.69, 9.17) is 0 Å². The van der Waals surface area contributed by atoms with Crippen LogP contribution in [0.5, 0.6) is 0 Å². The van der Waals surface area contributed by atoms with Crippen molar-refractivity contribution >= 4 is 17.5 Å². The van der Waals surface area contributed by atoms with Gasteiger partial charge in [-0.1, -0.05) is 61.5 Å². The number of likely N-dealkylation sites (tertiary alicyclic amines) is 1. The van der Waals surface area contributed by atoms with Crippen LogP contribution in [0.25, 0.3) is 0 Å². The van der Waals surface area contributed by atoms with Gasteiger partial charge in [-0.15, -0.1) is 0 Å². The second-order valence-corrected chi connectivity index (χ2v) is 18.9. The molecule has 1 aliphatic heterocycles. The fourth-order valence-corrected chi connectivity index (χ4v) is 12.2. The number of likely N-dealkylation sites (N-methyl/N-ethyl adjacent to an activating group) is 1. The van der Waals surface area contributed by atoms with E-state index in [9.17, 15) is 24.8 Å². The largest absolute Gasteiger partial charge is 0.381 e. The van der Waals surface area contributed by atoms with E-state index < -0.39 is 27.3 Å². The van der Waals surface area contributed by atoms with E-state index in [1.165, 1.54) is 0 Å². The molecule has 0 radical (unpaired) electrons. The molecule has 5 aliphatic carbocycles. The molecule has 1 amide bonds. The molecular formula is C40H59N3O4. The quantitative estimate of drug-likeness (QED) is 0.374. The predicted molar refractivity (Wildman–Crippen MR) is 183 cm³/mol. The van der Waals surface area contributed by atoms with E-state index in [0.717, 1.165) is 75.9 Å². The fraction of sp³-hybridized carbons (Fsp3) is 0.800. The zero-order valence-electron chi connectivity index (χ0n) is 30.6. The third-order valence-corrected chi connectivity index (χ3v) is 15.6. The number of carbonyl (C=O) groups excluding carboxylic acids is 3. The molecule has 1 saturated heterocycles. The molecule has 0 aromatic rings. The van der Waals surface area contributed by atoms with Crippen molar-refractivity contribution in [3.05, 3.63) is 23.3 Å². The van der Waals surface area contributed by atoms with Gasteiger partial charge in [-0.3, -0.25) is 19.3 Å². The lowest BCUT2D eigenvalue weighted by atomic mass is 9.33. The number of allylic oxidation sites excluding steroid dienone is 3. The lowest BCUT2D eigenvalue weighted by Crippen LogP contribution is -2.74. The number of carbonyl (C=O) groups is 3. The molecule has 0 aromatic heterocycles. The Morgan fingerprint density at radius 2 is 1.62 bits per heavy atom. The number of piperidine rings is 1. The molecule has 0 spiro atoms. The first-order valence-electron chi connectivity index (χ1n) is 18.3. The average molecular weight is 646 g/mol. The summed E-state index contributed by atoms with van der Waals surface area (Å²) >= 11 is 0. The Labute approximate surface area is 283 Å². The number of Topliss-reactive ketones (excluding diaryl/α,β-unsaturated/α-hetero) is 1. The van der Waals surface area contributed by atoms with E-state index in [-0.39, 0.29) is 45.7 Å². The summed E-state index contributed by atoms with van der Waals surface area (Å²) < 4.78 is 0. The van der Waals surface area contributed by atoms with Crippen LogP contribution in [0.15, 0.2) is 23.3 Å². The van der Waals surface area contributed by atoms with Crippen molar-refractivity contribution in [2.24, 2.45) is 50.2 Å². The number of amides is 1. The molecule has 0 bridgehead atoms. The number of aliphatic hydroxyl groups is 1. The summed E-state index contributed by atoms with van der Waals surface area (Å²) in [6, 6.07) is 2.18. The molecule has 8 atom stereocenters. The highest BCUT2D eigenvalue weighted by Crippen LogP contribution is 2.75. The molecule has 0 unspecified atom stereocenters. The van der Waals surface area contributed by atoms with Crippen LogP contribution in [-0.4, -0.2) is 71.2 Å². The van der Waals surface area contributed by atoms with Crippen LogP contribution in [-0.2, 0) is 14.4 Å². The number of ketones is 2. The van der Waals surface area contributed by atoms with Crippen molar-refractivity contribution in [1.29, 1.82) is 5.26 Å². The number of hydrogen-bond donors (Lipinski definition) is 1. The van der Waals surface area contributed by atoms with E-state index >= 15 is 0 Å². The lowest BCUT2D eigenvalue weighted by Gasteiger charge is -2.71. The Bertz CT molecular complexity index is 1480. The van der Waals surface area contributed by atoms with Gasteiger partial charge in [-0.25, -0.2) is 0 Å². The lowest BCUT2D eigenvalue weighted by molar-refractivity contribution is -0.243. The molecule has 7 heteroatoms. The minimum Gasteiger partial charge on any atom is -0.381 e. The van der Waals surface area contributed by atoms with Crippen molar-refractivity contribution in [2.45, 2.75) is 119 Å². The van der Waals surface area contributed by atoms with Crippen molar-refractivity contribution in [3.8, 4) is 6.07 Å². The van der Waals surface area contributed by atoms with Crippen molar-refractivity contribution in [2.75, 3.05) is 33.2 Å². The average Bonchev–Trinajstić information content (AvgIpc) is 3.00. The van der Waals surface area contributed by atoms with E-state index in [0.29, 0.717) is 19.5 Å². The standard InChI is InChI=1S/C40H59N3O4/c1-26-11-18-43(19-12-26)24-32(45)42(9)25-35(4)14-15-36(5)16-17-39(8)38(7)13-10-28-34(2,3)33(46)27(23-41)21-37(28,6)29(38)20-31(44)40(39,47)30(36)22-35/h20-21,26,28,30,47H,10-19,22,24-25H2,1-9H3/t28-,30+,35-,36+,37-,38+,39-,40+/m0/s1. The van der Waals surface area contributed by atoms with Crippen LogP contribution in [0, 0.1) is 61.6 Å². The molecule has 47 heavy (non-hydrogen) atoms. The van der Waals surface area contributed by atoms with Crippen LogP contribution in [0.2, 0.25) is 0 Å². The third-order valence-electron chi connectivity index (χ3n) is 15.6. The Morgan fingerprint density at radius 1 is 0.979 bits per heavy atom. The van der Waals surface area contributed by atoms with Gasteiger partial charge < -0.3 is 10.0 Å². The Morgan fingerprint density at radius 3 is 2.26 bits per heavy atom. The molecule has 0 aromatic carbocycles. The van der Waals surface area contributed by atoms with Crippen LogP contribution in [0.4, 0.5) is 0 Å². The summed E-state index contributed by atoms with van der Waals surface area (Å²) in [5.41, 5.74) is -3.31. The summed E-state index contributed by atoms with van der Waals surface area (Å²) in [5.74, 6) is 0.288. The minimum absolute atomic E-state index is 0.0326. The first-order valence-corrected chi connectivity index (χ1v) is 18.3. The zero-order chi connectivity index (χ0) is 34.6. The highest BCUT2D eigenvalue weighted by molar-refractivity contribution is 6.05. The third kappa shape index (κ3) is 4.73. The van der Waals surface area contributed by atoms with Crippen LogP contribution in [0.3, 0.4) is 0 Å². The summed E-state index contributed by atoms with van der Waals surface area (Å²) in [6.07, 6.45) is 11.7. The number of rotatable bonds is 4. The summed E-state index contributed by atoms with van der Waals surface area (Å²) in [6.45, 7) is 20.3. The fourth-order valence-electron chi connectivity index (χ4n) is 12.2. The summed E-state index contributed by atoms with van der Waals surface area (Å²) in [5, 5.41) is 23.2. The van der Waals surface area contributed by atoms with Gasteiger partial charge in [0.2, 0.25) is 5.91 Å². The maximum atomic E-state index is 14.8. The Kier molecular flexibility index (Phi) is 7.98. The number of nitriles is 1. The van der Waals surface area contributed by atoms with Gasteiger partial charge >= 0.3 is 0 Å². The molecule has 1 N–H and O–H groups in total. The minimum atomic E-state index is -1.54. The van der Waals surface area contributed by atoms with Crippen LogP contribution in [0.1, 0.15) is 113 Å². The zero-order valence-corrected chi connectivity index (χ0v) is 30.6. The molecule has 6 rings (SSSR count). The molecule has 6 aliphatic rings. The highest BCUT2D eigenvalue weighted by atomic mass is 16.3. The van der Waals surface area contributed by atoms with Crippen molar-refractivity contribution in [3.63, 3.8) is 0 Å². The second-order valence-electron chi connectivity index (χ2n) is 18.9. The summed E-state index contributed by atoms with van der Waals surface area (Å²) in [7, 11) is 1.92. The molecule has 3 saturated carbocycles. The first kappa shape index (κ1) is 34.6. The van der Waals surface area contributed by atoms with E-state index in [2.05, 4.69) is 52.5 Å². The van der Waals surface area contributed by atoms with Gasteiger partial charge in [-0.05, 0) is 111 Å². The van der Waals surface area contributed by atoms with Gasteiger partial charge in [0.05, 0.1) is 12.1 Å². The Hall–Kier alpha value is -2.30. The second kappa shape index (κ2) is 10.8. The molecule has 4 fully saturated rings. The topological polar surface area (TPSA) is 102 Å². The number of hydrogen-bond acceptors (Lipinski definition) is 6. The number of nitrogens with zero attached hydrogens (tertiary/aromatic N) is 3. The molecular weight excluding hydrogens is 586 g/mol. The predicted octanol–water partition coefficient (Wildman–Crippen LogP) is 6.51. The monoisotopic (exact) mass is 645 g/mol. The first-order chi connectivity index (χ1) is 21.7. The normalized spacial score (nSPS) is 45.0. The van der Waals surface area contributed by atoms with Gasteiger partial charge in [0, 0.05) is 35.8 Å². The smallest absolute Gasteiger partial charge is 0.236 e. The molecule has 258 valence electrons. The summed E-state index contributed by atoms with van der Waals surface area (Å²) in [4.78, 5) is 45.8. The van der Waals surface area contributed by atoms with Crippen LogP contribution < -0.4 is 0 Å². The number of fused-ring (bicyclic) bond motifs is 7. The molecule has 7 nitrogen and oxygen atoms in total. The van der Waals surface area contributed by atoms with Gasteiger partial charge in [0.15, 0.2) is 11.6 Å². The highest BCUT2D eigenvalue weighted by Gasteiger charge is 2.75.